The molecule has 0 spiro atoms. The van der Waals surface area contributed by atoms with Crippen molar-refractivity contribution in [3.05, 3.63) is 0 Å². The van der Waals surface area contributed by atoms with Crippen molar-refractivity contribution in [1.82, 2.24) is 10.2 Å². The number of urea groups is 1. The number of nitrogens with one attached hydrogen (secondary N) is 1. The van der Waals surface area contributed by atoms with Crippen molar-refractivity contribution in [2.24, 2.45) is 0 Å². The van der Waals surface area contributed by atoms with E-state index >= 15 is 0 Å². The van der Waals surface area contributed by atoms with Crippen LogP contribution in [0.4, 0.5) is 4.79 Å². The first-order valence-corrected chi connectivity index (χ1v) is 7.47. The summed E-state index contributed by atoms with van der Waals surface area (Å²) < 4.78 is 0. The smallest absolute Gasteiger partial charge is 0.326 e. The van der Waals surface area contributed by atoms with Crippen molar-refractivity contribution in [2.75, 3.05) is 6.54 Å². The summed E-state index contributed by atoms with van der Waals surface area (Å²) in [4.78, 5) is 35.5. The Morgan fingerprint density at radius 1 is 1.29 bits per heavy atom. The summed E-state index contributed by atoms with van der Waals surface area (Å²) >= 11 is 0. The second-order valence-corrected chi connectivity index (χ2v) is 5.38. The van der Waals surface area contributed by atoms with E-state index in [0.717, 1.165) is 25.7 Å². The molecule has 1 fully saturated rings. The molecule has 0 aromatic rings. The highest BCUT2D eigenvalue weighted by Crippen LogP contribution is 2.19. The average Bonchev–Trinajstić information content (AvgIpc) is 2.45. The summed E-state index contributed by atoms with van der Waals surface area (Å²) in [5.41, 5.74) is 0. The van der Waals surface area contributed by atoms with Gasteiger partial charge in [-0.1, -0.05) is 6.92 Å². The first-order valence-electron chi connectivity index (χ1n) is 7.47. The van der Waals surface area contributed by atoms with Gasteiger partial charge in [0.2, 0.25) is 0 Å². The fourth-order valence-corrected chi connectivity index (χ4v) is 2.64. The van der Waals surface area contributed by atoms with Gasteiger partial charge in [-0.3, -0.25) is 4.79 Å². The predicted molar refractivity (Wildman–Crippen MR) is 76.1 cm³/mol. The van der Waals surface area contributed by atoms with Crippen LogP contribution in [0.15, 0.2) is 0 Å². The van der Waals surface area contributed by atoms with Crippen LogP contribution < -0.4 is 5.32 Å². The molecule has 0 bridgehead atoms. The summed E-state index contributed by atoms with van der Waals surface area (Å²) in [6.07, 6.45) is 4.07. The molecule has 1 aliphatic rings. The van der Waals surface area contributed by atoms with Gasteiger partial charge in [0.1, 0.15) is 6.04 Å². The minimum Gasteiger partial charge on any atom is -0.481 e. The quantitative estimate of drug-likeness (QED) is 0.663. The average molecular weight is 300 g/mol. The molecule has 0 saturated carbocycles. The van der Waals surface area contributed by atoms with E-state index in [4.69, 9.17) is 10.2 Å². The lowest BCUT2D eigenvalue weighted by molar-refractivity contribution is -0.140. The molecule has 21 heavy (non-hydrogen) atoms. The number of amides is 2. The third kappa shape index (κ3) is 5.61. The van der Waals surface area contributed by atoms with Gasteiger partial charge in [-0.15, -0.1) is 0 Å². The number of carbonyl (C=O) groups is 3. The van der Waals surface area contributed by atoms with Gasteiger partial charge >= 0.3 is 18.0 Å². The number of carboxylic acid groups (broad SMARTS) is 2. The molecule has 7 nitrogen and oxygen atoms in total. The van der Waals surface area contributed by atoms with Crippen LogP contribution in [-0.2, 0) is 9.59 Å². The highest BCUT2D eigenvalue weighted by Gasteiger charge is 2.28. The van der Waals surface area contributed by atoms with Crippen molar-refractivity contribution in [3.8, 4) is 0 Å². The molecule has 1 unspecified atom stereocenters. The molecule has 1 heterocycles. The number of aliphatic carboxylic acids is 2. The SMILES string of the molecule is CCC1CCCCN1C(=O)N[C@H](CCCC(=O)O)C(=O)O. The maximum Gasteiger partial charge on any atom is 0.326 e. The standard InChI is InChI=1S/C14H24N2O5/c1-2-10-6-3-4-9-16(10)14(21)15-11(13(19)20)7-5-8-12(17)18/h10-11H,2-9H2,1H3,(H,15,21)(H,17,18)(H,19,20)/t10?,11-/m1/s1. The number of nitrogens with zero attached hydrogens (tertiary/aromatic N) is 1. The van der Waals surface area contributed by atoms with Gasteiger partial charge in [0, 0.05) is 19.0 Å². The van der Waals surface area contributed by atoms with Crippen LogP contribution in [0.5, 0.6) is 0 Å². The summed E-state index contributed by atoms with van der Waals surface area (Å²) in [7, 11) is 0. The number of piperidine rings is 1. The molecule has 2 amide bonds. The Balaban J connectivity index is 2.54. The predicted octanol–water partition coefficient (Wildman–Crippen LogP) is 1.67. The van der Waals surface area contributed by atoms with Crippen molar-refractivity contribution in [2.45, 2.75) is 64.0 Å². The van der Waals surface area contributed by atoms with Crippen LogP contribution in [0.1, 0.15) is 51.9 Å². The largest absolute Gasteiger partial charge is 0.481 e. The van der Waals surface area contributed by atoms with Crippen LogP contribution in [-0.4, -0.2) is 51.7 Å². The molecule has 1 rings (SSSR count). The van der Waals surface area contributed by atoms with Crippen LogP contribution in [0.3, 0.4) is 0 Å². The molecule has 0 aromatic carbocycles. The normalized spacial score (nSPS) is 19.9. The van der Waals surface area contributed by atoms with Crippen LogP contribution in [0.25, 0.3) is 0 Å². The van der Waals surface area contributed by atoms with Crippen molar-refractivity contribution in [3.63, 3.8) is 0 Å². The molecule has 0 aromatic heterocycles. The Bertz CT molecular complexity index is 386. The minimum absolute atomic E-state index is 0.0963. The van der Waals surface area contributed by atoms with Crippen molar-refractivity contribution in [1.29, 1.82) is 0 Å². The molecule has 2 atom stereocenters. The van der Waals surface area contributed by atoms with E-state index in [1.807, 2.05) is 6.92 Å². The molecule has 1 saturated heterocycles. The Morgan fingerprint density at radius 3 is 2.57 bits per heavy atom. The van der Waals surface area contributed by atoms with E-state index in [1.54, 1.807) is 4.90 Å². The number of carboxylic acids is 2. The van der Waals surface area contributed by atoms with Gasteiger partial charge in [0.25, 0.3) is 0 Å². The first-order chi connectivity index (χ1) is 9.95. The monoisotopic (exact) mass is 300 g/mol. The van der Waals surface area contributed by atoms with E-state index in [1.165, 1.54) is 0 Å². The van der Waals surface area contributed by atoms with Gasteiger partial charge in [-0.2, -0.15) is 0 Å². The topological polar surface area (TPSA) is 107 Å². The minimum atomic E-state index is -1.13. The van der Waals surface area contributed by atoms with Gasteiger partial charge < -0.3 is 20.4 Å². The Kier molecular flexibility index (Phi) is 6.98. The molecule has 1 aliphatic heterocycles. The third-order valence-corrected chi connectivity index (χ3v) is 3.84. The van der Waals surface area contributed by atoms with Crippen LogP contribution in [0.2, 0.25) is 0 Å². The fourth-order valence-electron chi connectivity index (χ4n) is 2.64. The molecule has 3 N–H and O–H groups in total. The maximum atomic E-state index is 12.2. The number of likely N-dealkylation sites (tertiary alicyclic amines) is 1. The number of rotatable bonds is 7. The van der Waals surface area contributed by atoms with E-state index < -0.39 is 18.0 Å². The Morgan fingerprint density at radius 2 is 2.00 bits per heavy atom. The van der Waals surface area contributed by atoms with E-state index in [9.17, 15) is 14.4 Å². The van der Waals surface area contributed by atoms with Gasteiger partial charge in [-0.05, 0) is 38.5 Å². The third-order valence-electron chi connectivity index (χ3n) is 3.84. The molecular weight excluding hydrogens is 276 g/mol. The highest BCUT2D eigenvalue weighted by molar-refractivity contribution is 5.82. The lowest BCUT2D eigenvalue weighted by atomic mass is 10.0. The molecule has 0 aliphatic carbocycles. The van der Waals surface area contributed by atoms with Crippen LogP contribution >= 0.6 is 0 Å². The number of hydrogen-bond acceptors (Lipinski definition) is 3. The second kappa shape index (κ2) is 8.49. The lowest BCUT2D eigenvalue weighted by Gasteiger charge is -2.35. The number of carbonyl (C=O) groups excluding carboxylic acids is 1. The summed E-state index contributed by atoms with van der Waals surface area (Å²) in [6.45, 7) is 2.66. The Labute approximate surface area is 124 Å². The summed E-state index contributed by atoms with van der Waals surface area (Å²) in [5.74, 6) is -2.09. The van der Waals surface area contributed by atoms with E-state index in [-0.39, 0.29) is 31.3 Å². The zero-order valence-electron chi connectivity index (χ0n) is 12.4. The Hall–Kier alpha value is -1.79. The molecule has 7 heteroatoms. The fraction of sp³-hybridized carbons (Fsp3) is 0.786. The lowest BCUT2D eigenvalue weighted by Crippen LogP contribution is -2.52. The first kappa shape index (κ1) is 17.3. The van der Waals surface area contributed by atoms with Gasteiger partial charge in [-0.25, -0.2) is 9.59 Å². The summed E-state index contributed by atoms with van der Waals surface area (Å²) in [6, 6.07) is -1.23. The molecule has 120 valence electrons. The highest BCUT2D eigenvalue weighted by atomic mass is 16.4. The second-order valence-electron chi connectivity index (χ2n) is 5.38. The van der Waals surface area contributed by atoms with Gasteiger partial charge in [0.05, 0.1) is 0 Å². The van der Waals surface area contributed by atoms with Crippen molar-refractivity contribution >= 4 is 18.0 Å². The van der Waals surface area contributed by atoms with Gasteiger partial charge in [0.15, 0.2) is 0 Å². The number of hydrogen-bond donors (Lipinski definition) is 3. The van der Waals surface area contributed by atoms with E-state index in [2.05, 4.69) is 5.32 Å². The van der Waals surface area contributed by atoms with Crippen LogP contribution in [0, 0.1) is 0 Å². The van der Waals surface area contributed by atoms with E-state index in [0.29, 0.717) is 6.54 Å². The summed E-state index contributed by atoms with van der Waals surface area (Å²) in [5, 5.41) is 20.2. The molecular formula is C14H24N2O5. The molecule has 0 radical (unpaired) electrons. The zero-order chi connectivity index (χ0) is 15.8. The maximum absolute atomic E-state index is 12.2. The zero-order valence-corrected chi connectivity index (χ0v) is 12.4. The van der Waals surface area contributed by atoms with Crippen molar-refractivity contribution < 1.29 is 24.6 Å².